The molecule has 0 N–H and O–H groups in total. The van der Waals surface area contributed by atoms with E-state index in [2.05, 4.69) is 13.0 Å². The Morgan fingerprint density at radius 2 is 2.30 bits per heavy atom. The van der Waals surface area contributed by atoms with Crippen LogP contribution in [0.4, 0.5) is 0 Å². The maximum Gasteiger partial charge on any atom is 0.120 e. The zero-order valence-corrected chi connectivity index (χ0v) is 6.26. The van der Waals surface area contributed by atoms with Crippen molar-refractivity contribution < 1.29 is 0 Å². The van der Waals surface area contributed by atoms with Crippen LogP contribution in [0.25, 0.3) is 0 Å². The Balaban J connectivity index is 3.12. The van der Waals surface area contributed by atoms with Gasteiger partial charge in [-0.25, -0.2) is 0 Å². The minimum absolute atomic E-state index is 0.733. The lowest BCUT2D eigenvalue weighted by Gasteiger charge is -1.98. The van der Waals surface area contributed by atoms with Crippen molar-refractivity contribution >= 4 is 0 Å². The highest BCUT2D eigenvalue weighted by Gasteiger charge is 1.99. The maximum atomic E-state index is 8.56. The summed E-state index contributed by atoms with van der Waals surface area (Å²) in [5.41, 5.74) is 1.94. The molecule has 1 heterocycles. The molecule has 0 amide bonds. The number of hydrogen-bond donors (Lipinski definition) is 0. The smallest absolute Gasteiger partial charge is 0.120 e. The molecule has 0 saturated heterocycles. The second kappa shape index (κ2) is 2.57. The number of aryl methyl sites for hydroxylation is 1. The van der Waals surface area contributed by atoms with Gasteiger partial charge in [0, 0.05) is 12.7 Å². The molecule has 1 aromatic rings. The van der Waals surface area contributed by atoms with E-state index in [4.69, 9.17) is 5.26 Å². The molecule has 2 nitrogen and oxygen atoms in total. The van der Waals surface area contributed by atoms with Gasteiger partial charge in [-0.05, 0) is 18.6 Å². The van der Waals surface area contributed by atoms with E-state index in [0.717, 1.165) is 12.1 Å². The first-order chi connectivity index (χ1) is 4.79. The Labute approximate surface area is 60.7 Å². The molecule has 0 aromatic carbocycles. The molecule has 0 aliphatic carbocycles. The lowest BCUT2D eigenvalue weighted by atomic mass is 10.3. The van der Waals surface area contributed by atoms with Crippen molar-refractivity contribution in [2.75, 3.05) is 0 Å². The Bertz CT molecular complexity index is 265. The lowest BCUT2D eigenvalue weighted by Crippen LogP contribution is -1.96. The van der Waals surface area contributed by atoms with Crippen LogP contribution in [0, 0.1) is 11.3 Å². The molecule has 0 aliphatic heterocycles. The topological polar surface area (TPSA) is 28.7 Å². The number of aromatic nitrogens is 1. The van der Waals surface area contributed by atoms with E-state index in [0.29, 0.717) is 0 Å². The summed E-state index contributed by atoms with van der Waals surface area (Å²) >= 11 is 0. The number of nitriles is 1. The zero-order valence-electron chi connectivity index (χ0n) is 6.26. The average molecular weight is 134 g/mol. The second-order valence-electron chi connectivity index (χ2n) is 2.23. The first-order valence-electron chi connectivity index (χ1n) is 3.34. The molecular weight excluding hydrogens is 124 g/mol. The minimum atomic E-state index is 0.733. The van der Waals surface area contributed by atoms with Gasteiger partial charge in [0.25, 0.3) is 0 Å². The van der Waals surface area contributed by atoms with Gasteiger partial charge in [0.15, 0.2) is 0 Å². The molecule has 0 fully saturated rings. The van der Waals surface area contributed by atoms with Crippen molar-refractivity contribution in [3.8, 4) is 6.07 Å². The van der Waals surface area contributed by atoms with Crippen molar-refractivity contribution in [2.24, 2.45) is 7.05 Å². The van der Waals surface area contributed by atoms with Gasteiger partial charge in [-0.2, -0.15) is 5.26 Å². The van der Waals surface area contributed by atoms with Crippen molar-refractivity contribution in [2.45, 2.75) is 13.3 Å². The fraction of sp³-hybridized carbons (Fsp3) is 0.375. The monoisotopic (exact) mass is 134 g/mol. The first-order valence-corrected chi connectivity index (χ1v) is 3.34. The van der Waals surface area contributed by atoms with Gasteiger partial charge in [0.1, 0.15) is 11.8 Å². The summed E-state index contributed by atoms with van der Waals surface area (Å²) in [6.45, 7) is 2.08. The Morgan fingerprint density at radius 3 is 2.60 bits per heavy atom. The van der Waals surface area contributed by atoms with Crippen LogP contribution in [0.1, 0.15) is 18.3 Å². The molecule has 0 aliphatic rings. The molecule has 1 rings (SSSR count). The van der Waals surface area contributed by atoms with Crippen LogP contribution in [-0.2, 0) is 13.5 Å². The molecule has 0 radical (unpaired) electrons. The van der Waals surface area contributed by atoms with Crippen LogP contribution in [-0.4, -0.2) is 4.57 Å². The highest BCUT2D eigenvalue weighted by atomic mass is 14.9. The zero-order chi connectivity index (χ0) is 7.56. The quantitative estimate of drug-likeness (QED) is 0.571. The Hall–Kier alpha value is -1.23. The van der Waals surface area contributed by atoms with Gasteiger partial charge in [-0.15, -0.1) is 0 Å². The summed E-state index contributed by atoms with van der Waals surface area (Å²) < 4.78 is 1.92. The molecule has 0 unspecified atom stereocenters. The fourth-order valence-electron chi connectivity index (χ4n) is 1.02. The largest absolute Gasteiger partial charge is 0.340 e. The summed E-state index contributed by atoms with van der Waals surface area (Å²) in [4.78, 5) is 0. The van der Waals surface area contributed by atoms with Gasteiger partial charge in [-0.3, -0.25) is 0 Å². The predicted octanol–water partition coefficient (Wildman–Crippen LogP) is 1.46. The molecule has 2 heteroatoms. The Morgan fingerprint density at radius 1 is 1.60 bits per heavy atom. The normalized spacial score (nSPS) is 9.30. The molecule has 0 atom stereocenters. The predicted molar refractivity (Wildman–Crippen MR) is 39.5 cm³/mol. The van der Waals surface area contributed by atoms with E-state index in [1.165, 1.54) is 5.69 Å². The van der Waals surface area contributed by atoms with Crippen molar-refractivity contribution in [3.05, 3.63) is 23.5 Å². The fourth-order valence-corrected chi connectivity index (χ4v) is 1.02. The third kappa shape index (κ3) is 0.906. The summed E-state index contributed by atoms with van der Waals surface area (Å²) in [6.07, 6.45) is 0.984. The standard InChI is InChI=1S/C8H10N2/c1-3-7-4-5-8(6-9)10(7)2/h4-5H,3H2,1-2H3. The SMILES string of the molecule is CCc1ccc(C#N)n1C. The van der Waals surface area contributed by atoms with Crippen LogP contribution in [0.2, 0.25) is 0 Å². The van der Waals surface area contributed by atoms with E-state index in [1.54, 1.807) is 0 Å². The first kappa shape index (κ1) is 6.88. The van der Waals surface area contributed by atoms with Gasteiger partial charge in [0.2, 0.25) is 0 Å². The van der Waals surface area contributed by atoms with Crippen LogP contribution in [0.3, 0.4) is 0 Å². The van der Waals surface area contributed by atoms with Crippen LogP contribution in [0.5, 0.6) is 0 Å². The second-order valence-corrected chi connectivity index (χ2v) is 2.23. The number of rotatable bonds is 1. The average Bonchev–Trinajstić information content (AvgIpc) is 2.30. The van der Waals surface area contributed by atoms with Crippen molar-refractivity contribution in [3.63, 3.8) is 0 Å². The molecular formula is C8H10N2. The molecule has 0 bridgehead atoms. The molecule has 0 spiro atoms. The van der Waals surface area contributed by atoms with E-state index in [9.17, 15) is 0 Å². The van der Waals surface area contributed by atoms with Crippen LogP contribution < -0.4 is 0 Å². The van der Waals surface area contributed by atoms with E-state index >= 15 is 0 Å². The summed E-state index contributed by atoms with van der Waals surface area (Å²) in [7, 11) is 1.91. The minimum Gasteiger partial charge on any atom is -0.340 e. The third-order valence-electron chi connectivity index (χ3n) is 1.70. The van der Waals surface area contributed by atoms with Gasteiger partial charge in [-0.1, -0.05) is 6.92 Å². The highest BCUT2D eigenvalue weighted by Crippen LogP contribution is 2.05. The Kier molecular flexibility index (Phi) is 1.77. The highest BCUT2D eigenvalue weighted by molar-refractivity contribution is 5.26. The van der Waals surface area contributed by atoms with Crippen molar-refractivity contribution in [1.29, 1.82) is 5.26 Å². The number of hydrogen-bond acceptors (Lipinski definition) is 1. The maximum absolute atomic E-state index is 8.56. The van der Waals surface area contributed by atoms with Crippen LogP contribution >= 0.6 is 0 Å². The van der Waals surface area contributed by atoms with Crippen LogP contribution in [0.15, 0.2) is 12.1 Å². The van der Waals surface area contributed by atoms with E-state index in [-0.39, 0.29) is 0 Å². The molecule has 10 heavy (non-hydrogen) atoms. The van der Waals surface area contributed by atoms with E-state index in [1.807, 2.05) is 23.7 Å². The third-order valence-corrected chi connectivity index (χ3v) is 1.70. The lowest BCUT2D eigenvalue weighted by molar-refractivity contribution is 0.825. The van der Waals surface area contributed by atoms with Gasteiger partial charge < -0.3 is 4.57 Å². The molecule has 52 valence electrons. The number of nitrogens with zero attached hydrogens (tertiary/aromatic N) is 2. The molecule has 0 saturated carbocycles. The van der Waals surface area contributed by atoms with E-state index < -0.39 is 0 Å². The van der Waals surface area contributed by atoms with Gasteiger partial charge in [0.05, 0.1) is 0 Å². The molecule has 1 aromatic heterocycles. The van der Waals surface area contributed by atoms with Gasteiger partial charge >= 0.3 is 0 Å². The summed E-state index contributed by atoms with van der Waals surface area (Å²) in [5.74, 6) is 0. The van der Waals surface area contributed by atoms with Crippen molar-refractivity contribution in [1.82, 2.24) is 4.57 Å². The summed E-state index contributed by atoms with van der Waals surface area (Å²) in [6, 6.07) is 5.94. The summed E-state index contributed by atoms with van der Waals surface area (Å²) in [5, 5.41) is 8.56.